The molecule has 0 fully saturated rings. The highest BCUT2D eigenvalue weighted by molar-refractivity contribution is 14.1. The third kappa shape index (κ3) is 3.54. The number of nitrogens with one attached hydrogen (secondary N) is 1. The second-order valence-corrected chi connectivity index (χ2v) is 5.32. The minimum absolute atomic E-state index is 0.146. The molecule has 1 N–H and O–H groups in total. The van der Waals surface area contributed by atoms with Crippen molar-refractivity contribution in [1.29, 1.82) is 0 Å². The lowest BCUT2D eigenvalue weighted by Crippen LogP contribution is -2.09. The van der Waals surface area contributed by atoms with E-state index >= 15 is 0 Å². The highest BCUT2D eigenvalue weighted by Gasteiger charge is 2.06. The summed E-state index contributed by atoms with van der Waals surface area (Å²) in [5.41, 5.74) is 1.15. The van der Waals surface area contributed by atoms with Crippen LogP contribution in [0.1, 0.15) is 18.5 Å². The molecule has 1 heterocycles. The molecule has 0 aliphatic heterocycles. The summed E-state index contributed by atoms with van der Waals surface area (Å²) in [4.78, 5) is 8.41. The molecule has 1 atom stereocenters. The van der Waals surface area contributed by atoms with Gasteiger partial charge in [-0.2, -0.15) is 0 Å². The van der Waals surface area contributed by atoms with Gasteiger partial charge in [-0.3, -0.25) is 0 Å². The molecule has 0 aliphatic carbocycles. The molecule has 1 unspecified atom stereocenters. The first-order chi connectivity index (χ1) is 8.15. The lowest BCUT2D eigenvalue weighted by molar-refractivity contribution is 0.859. The zero-order chi connectivity index (χ0) is 12.3. The fourth-order valence-electron chi connectivity index (χ4n) is 1.42. The monoisotopic (exact) mass is 359 g/mol. The molecule has 0 aliphatic rings. The number of aromatic nitrogens is 2. The van der Waals surface area contributed by atoms with Crippen molar-refractivity contribution in [2.45, 2.75) is 13.0 Å². The molecule has 1 aromatic heterocycles. The molecular formula is C12H11ClIN3. The normalized spacial score (nSPS) is 12.2. The maximum Gasteiger partial charge on any atom is 0.223 e. The van der Waals surface area contributed by atoms with Crippen molar-refractivity contribution in [2.24, 2.45) is 0 Å². The molecule has 2 aromatic rings. The second kappa shape index (κ2) is 5.64. The number of anilines is 1. The van der Waals surface area contributed by atoms with E-state index in [1.165, 1.54) is 0 Å². The SMILES string of the molecule is CC(Nc1ncc(I)cn1)c1ccc(Cl)cc1. The molecule has 3 nitrogen and oxygen atoms in total. The van der Waals surface area contributed by atoms with Gasteiger partial charge in [0.2, 0.25) is 5.95 Å². The Bertz CT molecular complexity index is 484. The fourth-order valence-corrected chi connectivity index (χ4v) is 1.82. The van der Waals surface area contributed by atoms with Crippen LogP contribution >= 0.6 is 34.2 Å². The van der Waals surface area contributed by atoms with E-state index in [0.29, 0.717) is 5.95 Å². The quantitative estimate of drug-likeness (QED) is 0.845. The first-order valence-electron chi connectivity index (χ1n) is 5.14. The molecule has 2 rings (SSSR count). The van der Waals surface area contributed by atoms with Crippen LogP contribution in [0.2, 0.25) is 5.02 Å². The van der Waals surface area contributed by atoms with Crippen molar-refractivity contribution in [3.8, 4) is 0 Å². The van der Waals surface area contributed by atoms with Gasteiger partial charge in [-0.25, -0.2) is 9.97 Å². The molecular weight excluding hydrogens is 349 g/mol. The van der Waals surface area contributed by atoms with Crippen molar-refractivity contribution < 1.29 is 0 Å². The van der Waals surface area contributed by atoms with E-state index in [2.05, 4.69) is 44.8 Å². The number of nitrogens with zero attached hydrogens (tertiary/aromatic N) is 2. The lowest BCUT2D eigenvalue weighted by atomic mass is 10.1. The summed E-state index contributed by atoms with van der Waals surface area (Å²) in [5, 5.41) is 3.98. The van der Waals surface area contributed by atoms with Crippen molar-refractivity contribution >= 4 is 40.1 Å². The number of rotatable bonds is 3. The minimum Gasteiger partial charge on any atom is -0.348 e. The van der Waals surface area contributed by atoms with Crippen LogP contribution in [0, 0.1) is 3.57 Å². The maximum absolute atomic E-state index is 5.85. The van der Waals surface area contributed by atoms with E-state index in [9.17, 15) is 0 Å². The van der Waals surface area contributed by atoms with E-state index in [0.717, 1.165) is 14.2 Å². The van der Waals surface area contributed by atoms with Crippen molar-refractivity contribution in [2.75, 3.05) is 5.32 Å². The van der Waals surface area contributed by atoms with Gasteiger partial charge in [0.25, 0.3) is 0 Å². The average Bonchev–Trinajstić information content (AvgIpc) is 2.33. The highest BCUT2D eigenvalue weighted by Crippen LogP contribution is 2.19. The van der Waals surface area contributed by atoms with Gasteiger partial charge in [0.15, 0.2) is 0 Å². The zero-order valence-corrected chi connectivity index (χ0v) is 12.1. The summed E-state index contributed by atoms with van der Waals surface area (Å²) in [6, 6.07) is 7.89. The standard InChI is InChI=1S/C12H11ClIN3/c1-8(9-2-4-10(13)5-3-9)17-12-15-6-11(14)7-16-12/h2-8H,1H3,(H,15,16,17). The molecule has 0 bridgehead atoms. The van der Waals surface area contributed by atoms with Crippen LogP contribution in [-0.4, -0.2) is 9.97 Å². The van der Waals surface area contributed by atoms with Crippen LogP contribution < -0.4 is 5.32 Å². The Hall–Kier alpha value is -0.880. The Labute approximate surface area is 119 Å². The van der Waals surface area contributed by atoms with E-state index in [-0.39, 0.29) is 6.04 Å². The third-order valence-electron chi connectivity index (χ3n) is 2.34. The molecule has 1 aromatic carbocycles. The molecule has 0 saturated heterocycles. The smallest absolute Gasteiger partial charge is 0.223 e. The average molecular weight is 360 g/mol. The van der Waals surface area contributed by atoms with Crippen LogP contribution in [0.3, 0.4) is 0 Å². The molecule has 0 spiro atoms. The van der Waals surface area contributed by atoms with Gasteiger partial charge in [-0.1, -0.05) is 23.7 Å². The van der Waals surface area contributed by atoms with Crippen LogP contribution in [0.4, 0.5) is 5.95 Å². The van der Waals surface area contributed by atoms with E-state index in [4.69, 9.17) is 11.6 Å². The Kier molecular flexibility index (Phi) is 4.17. The summed E-state index contributed by atoms with van der Waals surface area (Å²) in [7, 11) is 0. The number of hydrogen-bond acceptors (Lipinski definition) is 3. The van der Waals surface area contributed by atoms with Crippen molar-refractivity contribution in [3.05, 3.63) is 50.8 Å². The van der Waals surface area contributed by atoms with Gasteiger partial charge in [0.1, 0.15) is 0 Å². The molecule has 17 heavy (non-hydrogen) atoms. The molecule has 5 heteroatoms. The van der Waals surface area contributed by atoms with Crippen LogP contribution in [0.25, 0.3) is 0 Å². The topological polar surface area (TPSA) is 37.8 Å². The van der Waals surface area contributed by atoms with Gasteiger partial charge in [-0.15, -0.1) is 0 Å². The summed E-state index contributed by atoms with van der Waals surface area (Å²) < 4.78 is 1.02. The number of benzene rings is 1. The first-order valence-corrected chi connectivity index (χ1v) is 6.60. The Morgan fingerprint density at radius 3 is 2.35 bits per heavy atom. The van der Waals surface area contributed by atoms with Crippen molar-refractivity contribution in [1.82, 2.24) is 9.97 Å². The third-order valence-corrected chi connectivity index (χ3v) is 3.14. The van der Waals surface area contributed by atoms with Gasteiger partial charge in [0, 0.05) is 21.0 Å². The summed E-state index contributed by atoms with van der Waals surface area (Å²) in [5.74, 6) is 0.632. The Balaban J connectivity index is 2.08. The zero-order valence-electron chi connectivity index (χ0n) is 9.19. The molecule has 0 saturated carbocycles. The number of hydrogen-bond donors (Lipinski definition) is 1. The van der Waals surface area contributed by atoms with Crippen molar-refractivity contribution in [3.63, 3.8) is 0 Å². The van der Waals surface area contributed by atoms with Crippen LogP contribution in [0.5, 0.6) is 0 Å². The predicted octanol–water partition coefficient (Wildman–Crippen LogP) is 3.91. The first kappa shape index (κ1) is 12.6. The lowest BCUT2D eigenvalue weighted by Gasteiger charge is -2.13. The van der Waals surface area contributed by atoms with E-state index in [1.54, 1.807) is 12.4 Å². The largest absolute Gasteiger partial charge is 0.348 e. The summed E-state index contributed by atoms with van der Waals surface area (Å²) in [6.07, 6.45) is 3.56. The summed E-state index contributed by atoms with van der Waals surface area (Å²) in [6.45, 7) is 2.06. The van der Waals surface area contributed by atoms with E-state index < -0.39 is 0 Å². The Morgan fingerprint density at radius 2 is 1.76 bits per heavy atom. The van der Waals surface area contributed by atoms with Gasteiger partial charge >= 0.3 is 0 Å². The maximum atomic E-state index is 5.85. The minimum atomic E-state index is 0.146. The van der Waals surface area contributed by atoms with Gasteiger partial charge < -0.3 is 5.32 Å². The molecule has 88 valence electrons. The number of halogens is 2. The summed E-state index contributed by atoms with van der Waals surface area (Å²) >= 11 is 8.03. The second-order valence-electron chi connectivity index (χ2n) is 3.64. The fraction of sp³-hybridized carbons (Fsp3) is 0.167. The molecule has 0 radical (unpaired) electrons. The van der Waals surface area contributed by atoms with Gasteiger partial charge in [0.05, 0.1) is 6.04 Å². The van der Waals surface area contributed by atoms with Crippen LogP contribution in [-0.2, 0) is 0 Å². The molecule has 0 amide bonds. The van der Waals surface area contributed by atoms with E-state index in [1.807, 2.05) is 24.3 Å². The highest BCUT2D eigenvalue weighted by atomic mass is 127. The van der Waals surface area contributed by atoms with Gasteiger partial charge in [-0.05, 0) is 47.2 Å². The van der Waals surface area contributed by atoms with Crippen LogP contribution in [0.15, 0.2) is 36.7 Å². The Morgan fingerprint density at radius 1 is 1.18 bits per heavy atom. The predicted molar refractivity (Wildman–Crippen MR) is 78.2 cm³/mol.